The molecule has 0 amide bonds. The lowest BCUT2D eigenvalue weighted by molar-refractivity contribution is 0.104. The topological polar surface area (TPSA) is 88.2 Å². The molecular formula is C25H22FN3O3S2. The second-order valence-corrected chi connectivity index (χ2v) is 10.5. The summed E-state index contributed by atoms with van der Waals surface area (Å²) in [6, 6.07) is 20.0. The average molecular weight is 496 g/mol. The summed E-state index contributed by atoms with van der Waals surface area (Å²) < 4.78 is 40.4. The zero-order valence-electron chi connectivity index (χ0n) is 18.3. The van der Waals surface area contributed by atoms with Crippen LogP contribution in [0.15, 0.2) is 79.0 Å². The van der Waals surface area contributed by atoms with Gasteiger partial charge in [-0.3, -0.25) is 4.79 Å². The highest BCUT2D eigenvalue weighted by molar-refractivity contribution is 7.88. The highest BCUT2D eigenvalue weighted by Crippen LogP contribution is 2.26. The van der Waals surface area contributed by atoms with Crippen LogP contribution in [-0.4, -0.2) is 19.2 Å². The van der Waals surface area contributed by atoms with Crippen LogP contribution in [0.3, 0.4) is 0 Å². The molecule has 3 aromatic carbocycles. The normalized spacial score (nSPS) is 11.4. The molecule has 0 spiro atoms. The van der Waals surface area contributed by atoms with Gasteiger partial charge >= 0.3 is 0 Å². The lowest BCUT2D eigenvalue weighted by Crippen LogP contribution is -2.24. The zero-order chi connectivity index (χ0) is 24.1. The van der Waals surface area contributed by atoms with Crippen molar-refractivity contribution >= 4 is 38.0 Å². The summed E-state index contributed by atoms with van der Waals surface area (Å²) in [5.74, 6) is -0.722. The van der Waals surface area contributed by atoms with Crippen molar-refractivity contribution in [3.8, 4) is 0 Å². The first-order chi connectivity index (χ1) is 16.3. The maximum atomic E-state index is 13.0. The number of carbonyl (C=O) groups excluding carboxylic acids is 1. The van der Waals surface area contributed by atoms with Gasteiger partial charge in [0, 0.05) is 17.8 Å². The Bertz CT molecular complexity index is 1420. The van der Waals surface area contributed by atoms with Crippen molar-refractivity contribution in [2.75, 3.05) is 5.32 Å². The van der Waals surface area contributed by atoms with E-state index in [2.05, 4.69) is 15.0 Å². The Morgan fingerprint density at radius 2 is 1.76 bits per heavy atom. The van der Waals surface area contributed by atoms with Crippen LogP contribution in [-0.2, 0) is 22.3 Å². The maximum Gasteiger partial charge on any atom is 0.216 e. The van der Waals surface area contributed by atoms with Gasteiger partial charge in [0.25, 0.3) is 0 Å². The molecule has 0 fully saturated rings. The predicted molar refractivity (Wildman–Crippen MR) is 132 cm³/mol. The van der Waals surface area contributed by atoms with Gasteiger partial charge in [0.2, 0.25) is 15.8 Å². The third-order valence-corrected chi connectivity index (χ3v) is 7.27. The summed E-state index contributed by atoms with van der Waals surface area (Å²) >= 11 is 1.26. The van der Waals surface area contributed by atoms with E-state index < -0.39 is 15.8 Å². The number of hydrogen-bond acceptors (Lipinski definition) is 6. The van der Waals surface area contributed by atoms with E-state index in [-0.39, 0.29) is 18.1 Å². The minimum absolute atomic E-state index is 0.0760. The first kappa shape index (κ1) is 23.7. The van der Waals surface area contributed by atoms with Gasteiger partial charge < -0.3 is 5.32 Å². The van der Waals surface area contributed by atoms with Crippen molar-refractivity contribution in [3.63, 3.8) is 0 Å². The number of hydrogen-bond donors (Lipinski definition) is 2. The molecule has 4 aromatic rings. The van der Waals surface area contributed by atoms with Crippen molar-refractivity contribution in [3.05, 3.63) is 112 Å². The van der Waals surface area contributed by atoms with E-state index in [1.54, 1.807) is 24.4 Å². The Balaban J connectivity index is 1.39. The smallest absolute Gasteiger partial charge is 0.216 e. The van der Waals surface area contributed by atoms with E-state index in [0.29, 0.717) is 21.1 Å². The van der Waals surface area contributed by atoms with Crippen LogP contribution in [0.25, 0.3) is 0 Å². The van der Waals surface area contributed by atoms with Gasteiger partial charge in [0.1, 0.15) is 5.82 Å². The minimum atomic E-state index is -3.59. The summed E-state index contributed by atoms with van der Waals surface area (Å²) in [4.78, 5) is 17.6. The second kappa shape index (κ2) is 10.3. The van der Waals surface area contributed by atoms with E-state index in [1.807, 2.05) is 37.3 Å². The lowest BCUT2D eigenvalue weighted by atomic mass is 10.0. The molecule has 6 nitrogen and oxygen atoms in total. The summed E-state index contributed by atoms with van der Waals surface area (Å²) in [6.07, 6.45) is 1.55. The molecule has 4 rings (SSSR count). The van der Waals surface area contributed by atoms with E-state index in [9.17, 15) is 17.6 Å². The minimum Gasteiger partial charge on any atom is -0.332 e. The first-order valence-corrected chi connectivity index (χ1v) is 12.9. The molecule has 0 radical (unpaired) electrons. The maximum absolute atomic E-state index is 13.0. The molecule has 0 aliphatic carbocycles. The monoisotopic (exact) mass is 495 g/mol. The number of halogens is 1. The largest absolute Gasteiger partial charge is 0.332 e. The van der Waals surface area contributed by atoms with Crippen molar-refractivity contribution < 1.29 is 17.6 Å². The van der Waals surface area contributed by atoms with Gasteiger partial charge in [-0.05, 0) is 47.9 Å². The molecule has 0 unspecified atom stereocenters. The molecule has 9 heteroatoms. The second-order valence-electron chi connectivity index (χ2n) is 7.71. The summed E-state index contributed by atoms with van der Waals surface area (Å²) in [5, 5.41) is 3.73. The number of nitrogens with zero attached hydrogens (tertiary/aromatic N) is 1. The van der Waals surface area contributed by atoms with Crippen LogP contribution in [0.5, 0.6) is 0 Å². The van der Waals surface area contributed by atoms with E-state index in [4.69, 9.17) is 0 Å². The highest BCUT2D eigenvalue weighted by Gasteiger charge is 2.15. The quantitative estimate of drug-likeness (QED) is 0.312. The van der Waals surface area contributed by atoms with Crippen molar-refractivity contribution in [2.45, 2.75) is 19.2 Å². The Morgan fingerprint density at radius 1 is 1.00 bits per heavy atom. The molecule has 1 aromatic heterocycles. The van der Waals surface area contributed by atoms with Crippen LogP contribution >= 0.6 is 11.3 Å². The Hall–Kier alpha value is -3.40. The zero-order valence-corrected chi connectivity index (χ0v) is 19.9. The summed E-state index contributed by atoms with van der Waals surface area (Å²) in [7, 11) is -3.59. The molecule has 1 heterocycles. The number of sulfonamides is 1. The molecule has 0 saturated heterocycles. The molecule has 0 aliphatic rings. The first-order valence-electron chi connectivity index (χ1n) is 10.4. The average Bonchev–Trinajstić information content (AvgIpc) is 3.28. The molecule has 0 bridgehead atoms. The molecule has 0 atom stereocenters. The molecule has 34 heavy (non-hydrogen) atoms. The van der Waals surface area contributed by atoms with E-state index >= 15 is 0 Å². The van der Waals surface area contributed by atoms with Crippen molar-refractivity contribution in [1.82, 2.24) is 9.71 Å². The lowest BCUT2D eigenvalue weighted by Gasteiger charge is -2.09. The van der Waals surface area contributed by atoms with Gasteiger partial charge in [-0.15, -0.1) is 0 Å². The third kappa shape index (κ3) is 6.13. The number of rotatable bonds is 9. The molecule has 174 valence electrons. The highest BCUT2D eigenvalue weighted by atomic mass is 32.2. The number of benzene rings is 3. The Labute approximate surface area is 201 Å². The standard InChI is InChI=1S/C25H22FN3O3S2/c1-17-5-2-3-8-22(17)24(30)23-15-27-25(33-23)29-21-7-4-6-19(13-21)14-28-34(31,32)16-18-9-11-20(26)12-10-18/h2-13,15,28H,14,16H2,1H3,(H,27,29). The SMILES string of the molecule is Cc1ccccc1C(=O)c1cnc(Nc2cccc(CNS(=O)(=O)Cc3ccc(F)cc3)c2)s1. The Morgan fingerprint density at radius 3 is 2.53 bits per heavy atom. The van der Waals surface area contributed by atoms with Gasteiger partial charge in [0.05, 0.1) is 16.8 Å². The molecule has 0 aliphatic heterocycles. The van der Waals surface area contributed by atoms with Crippen LogP contribution in [0.4, 0.5) is 15.2 Å². The van der Waals surface area contributed by atoms with Crippen LogP contribution < -0.4 is 10.0 Å². The fraction of sp³-hybridized carbons (Fsp3) is 0.120. The van der Waals surface area contributed by atoms with Crippen LogP contribution in [0.2, 0.25) is 0 Å². The fourth-order valence-corrected chi connectivity index (χ4v) is 5.23. The number of anilines is 2. The van der Waals surface area contributed by atoms with Gasteiger partial charge in [-0.25, -0.2) is 22.5 Å². The number of ketones is 1. The molecule has 2 N–H and O–H groups in total. The third-order valence-electron chi connectivity index (χ3n) is 5.06. The molecular weight excluding hydrogens is 473 g/mol. The molecule has 0 saturated carbocycles. The van der Waals surface area contributed by atoms with Gasteiger partial charge in [-0.1, -0.05) is 59.9 Å². The number of thiazole rings is 1. The van der Waals surface area contributed by atoms with Gasteiger partial charge in [0.15, 0.2) is 5.13 Å². The number of aromatic nitrogens is 1. The fourth-order valence-electron chi connectivity index (χ4n) is 3.32. The number of aryl methyl sites for hydroxylation is 1. The van der Waals surface area contributed by atoms with Crippen molar-refractivity contribution in [1.29, 1.82) is 0 Å². The number of nitrogens with one attached hydrogen (secondary N) is 2. The van der Waals surface area contributed by atoms with Crippen LogP contribution in [0, 0.1) is 12.7 Å². The van der Waals surface area contributed by atoms with Crippen molar-refractivity contribution in [2.24, 2.45) is 0 Å². The van der Waals surface area contributed by atoms with E-state index in [1.165, 1.54) is 35.6 Å². The van der Waals surface area contributed by atoms with Gasteiger partial charge in [-0.2, -0.15) is 0 Å². The summed E-state index contributed by atoms with van der Waals surface area (Å²) in [6.45, 7) is 2.00. The van der Waals surface area contributed by atoms with E-state index in [0.717, 1.165) is 16.8 Å². The number of carbonyl (C=O) groups is 1. The van der Waals surface area contributed by atoms with Crippen LogP contribution in [0.1, 0.15) is 31.9 Å². The predicted octanol–water partition coefficient (Wildman–Crippen LogP) is 5.18. The Kier molecular flexibility index (Phi) is 7.16. The summed E-state index contributed by atoms with van der Waals surface area (Å²) in [5.41, 5.74) is 3.53.